The van der Waals surface area contributed by atoms with Crippen LogP contribution in [0.15, 0.2) is 12.5 Å². The lowest BCUT2D eigenvalue weighted by Crippen LogP contribution is -2.06. The first-order valence-corrected chi connectivity index (χ1v) is 4.62. The Bertz CT molecular complexity index is 236. The van der Waals surface area contributed by atoms with E-state index in [-0.39, 0.29) is 0 Å². The Balaban J connectivity index is 2.77. The van der Waals surface area contributed by atoms with Crippen LogP contribution in [0.1, 0.15) is 39.4 Å². The maximum Gasteiger partial charge on any atom is 0.0950 e. The van der Waals surface area contributed by atoms with Crippen LogP contribution in [0.2, 0.25) is 0 Å². The van der Waals surface area contributed by atoms with Crippen molar-refractivity contribution >= 4 is 0 Å². The number of hydrogen-bond acceptors (Lipinski definition) is 1. The molecule has 12 heavy (non-hydrogen) atoms. The van der Waals surface area contributed by atoms with Gasteiger partial charge in [-0.2, -0.15) is 0 Å². The van der Waals surface area contributed by atoms with Crippen molar-refractivity contribution in [1.82, 2.24) is 9.55 Å². The zero-order valence-electron chi connectivity index (χ0n) is 8.41. The van der Waals surface area contributed by atoms with Crippen LogP contribution in [-0.2, 0) is 6.42 Å². The van der Waals surface area contributed by atoms with E-state index in [9.17, 15) is 0 Å². The summed E-state index contributed by atoms with van der Waals surface area (Å²) >= 11 is 0. The maximum atomic E-state index is 4.16. The molecule has 0 radical (unpaired) electrons. The summed E-state index contributed by atoms with van der Waals surface area (Å²) in [4.78, 5) is 4.16. The highest BCUT2D eigenvalue weighted by atomic mass is 15.1. The van der Waals surface area contributed by atoms with Crippen molar-refractivity contribution in [3.63, 3.8) is 0 Å². The lowest BCUT2D eigenvalue weighted by atomic mass is 10.1. The van der Waals surface area contributed by atoms with Crippen molar-refractivity contribution in [3.05, 3.63) is 18.2 Å². The number of hydrogen-bond donors (Lipinski definition) is 0. The van der Waals surface area contributed by atoms with E-state index in [0.29, 0.717) is 12.0 Å². The van der Waals surface area contributed by atoms with Crippen LogP contribution in [0, 0.1) is 5.92 Å². The first kappa shape index (κ1) is 9.30. The van der Waals surface area contributed by atoms with Crippen LogP contribution >= 0.6 is 0 Å². The molecule has 0 aromatic carbocycles. The fraction of sp³-hybridized carbons (Fsp3) is 0.700. The minimum Gasteiger partial charge on any atom is -0.332 e. The van der Waals surface area contributed by atoms with E-state index in [1.165, 1.54) is 5.69 Å². The SMILES string of the molecule is CC(C)Cc1cncn1C(C)C. The highest BCUT2D eigenvalue weighted by Gasteiger charge is 2.06. The van der Waals surface area contributed by atoms with Crippen molar-refractivity contribution in [2.75, 3.05) is 0 Å². The Kier molecular flexibility index (Phi) is 2.90. The van der Waals surface area contributed by atoms with Gasteiger partial charge in [0.2, 0.25) is 0 Å². The highest BCUT2D eigenvalue weighted by molar-refractivity contribution is 5.00. The maximum absolute atomic E-state index is 4.16. The molecular formula is C10H18N2. The van der Waals surface area contributed by atoms with Crippen LogP contribution in [0.25, 0.3) is 0 Å². The second kappa shape index (κ2) is 3.74. The monoisotopic (exact) mass is 166 g/mol. The average molecular weight is 166 g/mol. The molecule has 0 bridgehead atoms. The molecular weight excluding hydrogens is 148 g/mol. The third-order valence-corrected chi connectivity index (χ3v) is 1.92. The van der Waals surface area contributed by atoms with Crippen molar-refractivity contribution in [1.29, 1.82) is 0 Å². The van der Waals surface area contributed by atoms with Crippen LogP contribution < -0.4 is 0 Å². The van der Waals surface area contributed by atoms with Gasteiger partial charge in [-0.15, -0.1) is 0 Å². The predicted octanol–water partition coefficient (Wildman–Crippen LogP) is 2.66. The summed E-state index contributed by atoms with van der Waals surface area (Å²) in [5.41, 5.74) is 1.35. The Morgan fingerprint density at radius 2 is 2.00 bits per heavy atom. The molecule has 0 spiro atoms. The van der Waals surface area contributed by atoms with Gasteiger partial charge in [0.25, 0.3) is 0 Å². The van der Waals surface area contributed by atoms with Crippen LogP contribution in [-0.4, -0.2) is 9.55 Å². The van der Waals surface area contributed by atoms with Gasteiger partial charge >= 0.3 is 0 Å². The van der Waals surface area contributed by atoms with E-state index >= 15 is 0 Å². The highest BCUT2D eigenvalue weighted by Crippen LogP contribution is 2.12. The van der Waals surface area contributed by atoms with Gasteiger partial charge in [0.05, 0.1) is 6.33 Å². The minimum absolute atomic E-state index is 0.529. The summed E-state index contributed by atoms with van der Waals surface area (Å²) in [6.45, 7) is 8.84. The molecule has 2 heteroatoms. The normalized spacial score (nSPS) is 11.5. The summed E-state index contributed by atoms with van der Waals surface area (Å²) in [5.74, 6) is 0.708. The van der Waals surface area contributed by atoms with Gasteiger partial charge < -0.3 is 4.57 Å². The summed E-state index contributed by atoms with van der Waals surface area (Å²) in [6, 6.07) is 0.529. The molecule has 1 rings (SSSR count). The topological polar surface area (TPSA) is 17.8 Å². The quantitative estimate of drug-likeness (QED) is 0.675. The Morgan fingerprint density at radius 3 is 2.50 bits per heavy atom. The lowest BCUT2D eigenvalue weighted by Gasteiger charge is -2.12. The third kappa shape index (κ3) is 2.10. The molecule has 0 unspecified atom stereocenters. The molecule has 0 saturated carbocycles. The molecule has 68 valence electrons. The molecule has 0 saturated heterocycles. The van der Waals surface area contributed by atoms with Crippen molar-refractivity contribution in [2.45, 2.75) is 40.2 Å². The van der Waals surface area contributed by atoms with E-state index in [4.69, 9.17) is 0 Å². The van der Waals surface area contributed by atoms with Gasteiger partial charge in [-0.05, 0) is 26.2 Å². The van der Waals surface area contributed by atoms with Gasteiger partial charge in [0.1, 0.15) is 0 Å². The van der Waals surface area contributed by atoms with Gasteiger partial charge in [0, 0.05) is 17.9 Å². The molecule has 0 fully saturated rings. The molecule has 0 atom stereocenters. The Labute approximate surface area is 74.6 Å². The fourth-order valence-corrected chi connectivity index (χ4v) is 1.37. The van der Waals surface area contributed by atoms with Crippen molar-refractivity contribution < 1.29 is 0 Å². The third-order valence-electron chi connectivity index (χ3n) is 1.92. The second-order valence-corrected chi connectivity index (χ2v) is 3.98. The van der Waals surface area contributed by atoms with E-state index < -0.39 is 0 Å². The largest absolute Gasteiger partial charge is 0.332 e. The molecule has 0 amide bonds. The molecule has 1 heterocycles. The first-order chi connectivity index (χ1) is 5.61. The lowest BCUT2D eigenvalue weighted by molar-refractivity contribution is 0.539. The summed E-state index contributed by atoms with van der Waals surface area (Å²) in [5, 5.41) is 0. The second-order valence-electron chi connectivity index (χ2n) is 3.98. The molecule has 0 aliphatic rings. The zero-order chi connectivity index (χ0) is 9.14. The van der Waals surface area contributed by atoms with E-state index in [2.05, 4.69) is 37.2 Å². The van der Waals surface area contributed by atoms with Gasteiger partial charge in [-0.25, -0.2) is 4.98 Å². The molecule has 1 aromatic rings. The smallest absolute Gasteiger partial charge is 0.0950 e. The summed E-state index contributed by atoms with van der Waals surface area (Å²) in [7, 11) is 0. The zero-order valence-corrected chi connectivity index (χ0v) is 8.41. The van der Waals surface area contributed by atoms with Gasteiger partial charge in [0.15, 0.2) is 0 Å². The van der Waals surface area contributed by atoms with Crippen molar-refractivity contribution in [3.8, 4) is 0 Å². The van der Waals surface area contributed by atoms with Crippen molar-refractivity contribution in [2.24, 2.45) is 5.92 Å². The van der Waals surface area contributed by atoms with Crippen LogP contribution in [0.5, 0.6) is 0 Å². The standard InChI is InChI=1S/C10H18N2/c1-8(2)5-10-6-11-7-12(10)9(3)4/h6-9H,5H2,1-4H3. The van der Waals surface area contributed by atoms with Gasteiger partial charge in [-0.1, -0.05) is 13.8 Å². The predicted molar refractivity (Wildman–Crippen MR) is 51.2 cm³/mol. The number of rotatable bonds is 3. The summed E-state index contributed by atoms with van der Waals surface area (Å²) < 4.78 is 2.24. The van der Waals surface area contributed by atoms with E-state index in [1.54, 1.807) is 0 Å². The van der Waals surface area contributed by atoms with Crippen LogP contribution in [0.3, 0.4) is 0 Å². The molecule has 0 aliphatic carbocycles. The average Bonchev–Trinajstić information content (AvgIpc) is 2.33. The van der Waals surface area contributed by atoms with E-state index in [0.717, 1.165) is 6.42 Å². The molecule has 1 aromatic heterocycles. The van der Waals surface area contributed by atoms with E-state index in [1.807, 2.05) is 12.5 Å². The molecule has 2 nitrogen and oxygen atoms in total. The first-order valence-electron chi connectivity index (χ1n) is 4.62. The Hall–Kier alpha value is -0.790. The molecule has 0 N–H and O–H groups in total. The van der Waals surface area contributed by atoms with Crippen LogP contribution in [0.4, 0.5) is 0 Å². The minimum atomic E-state index is 0.529. The summed E-state index contributed by atoms with van der Waals surface area (Å²) in [6.07, 6.45) is 5.01. The Morgan fingerprint density at radius 1 is 1.33 bits per heavy atom. The molecule has 0 aliphatic heterocycles. The number of nitrogens with zero attached hydrogens (tertiary/aromatic N) is 2. The fourth-order valence-electron chi connectivity index (χ4n) is 1.37. The number of imidazole rings is 1. The van der Waals surface area contributed by atoms with Gasteiger partial charge in [-0.3, -0.25) is 0 Å². The number of aromatic nitrogens is 2.